The third-order valence-corrected chi connectivity index (χ3v) is 12.9. The van der Waals surface area contributed by atoms with E-state index in [4.69, 9.17) is 11.5 Å². The van der Waals surface area contributed by atoms with Crippen molar-refractivity contribution >= 4 is 50.0 Å². The Labute approximate surface area is 307 Å². The molecule has 4 amide bonds. The molecule has 16 heteroatoms. The number of ketones is 1. The maximum atomic E-state index is 15.3. The van der Waals surface area contributed by atoms with Crippen LogP contribution in [0.1, 0.15) is 105 Å². The monoisotopic (exact) mass is 749 g/mol. The highest BCUT2D eigenvalue weighted by atomic mass is 32.2. The van der Waals surface area contributed by atoms with Gasteiger partial charge in [-0.3, -0.25) is 24.0 Å². The van der Waals surface area contributed by atoms with Crippen LogP contribution in [0.25, 0.3) is 10.8 Å². The zero-order valence-electron chi connectivity index (χ0n) is 30.0. The highest BCUT2D eigenvalue weighted by Crippen LogP contribution is 2.41. The number of likely N-dealkylation sites (tertiary alicyclic amines) is 1. The van der Waals surface area contributed by atoms with Crippen LogP contribution in [0.2, 0.25) is 0 Å². The second-order valence-electron chi connectivity index (χ2n) is 15.3. The minimum atomic E-state index is -3.53. The fraction of sp³-hybridized carbons (Fsp3) is 0.541. The number of carbonyl (C=O) groups excluding carboxylic acids is 5. The van der Waals surface area contributed by atoms with E-state index in [-0.39, 0.29) is 37.3 Å². The van der Waals surface area contributed by atoms with Crippen LogP contribution in [0.5, 0.6) is 0 Å². The van der Waals surface area contributed by atoms with Crippen molar-refractivity contribution in [2.45, 2.75) is 101 Å². The van der Waals surface area contributed by atoms with Gasteiger partial charge in [-0.15, -0.1) is 5.10 Å². The highest BCUT2D eigenvalue weighted by molar-refractivity contribution is 7.91. The third-order valence-electron chi connectivity index (χ3n) is 11.3. The van der Waals surface area contributed by atoms with Gasteiger partial charge < -0.3 is 26.8 Å². The smallest absolute Gasteiger partial charge is 0.287 e. The molecule has 15 nitrogen and oxygen atoms in total. The Kier molecular flexibility index (Phi) is 10.5. The molecule has 0 radical (unpaired) electrons. The largest absolute Gasteiger partial charge is 0.384 e. The van der Waals surface area contributed by atoms with Crippen LogP contribution < -0.4 is 16.8 Å². The molecule has 1 saturated carbocycles. The van der Waals surface area contributed by atoms with Crippen molar-refractivity contribution in [2.24, 2.45) is 17.4 Å². The van der Waals surface area contributed by atoms with Gasteiger partial charge in [-0.1, -0.05) is 67.6 Å². The van der Waals surface area contributed by atoms with Gasteiger partial charge >= 0.3 is 0 Å². The number of Topliss-reactive ketones (excluding diaryl/α,β-unsaturated/α-hetero) is 1. The van der Waals surface area contributed by atoms with Crippen molar-refractivity contribution in [1.82, 2.24) is 25.2 Å². The second-order valence-corrected chi connectivity index (χ2v) is 17.6. The van der Waals surface area contributed by atoms with Crippen molar-refractivity contribution in [3.8, 4) is 0 Å². The van der Waals surface area contributed by atoms with E-state index in [1.165, 1.54) is 15.8 Å². The maximum Gasteiger partial charge on any atom is 0.287 e. The van der Waals surface area contributed by atoms with Crippen molar-refractivity contribution < 1.29 is 37.5 Å². The number of hydrogen-bond donors (Lipinski definition) is 4. The minimum Gasteiger partial charge on any atom is -0.384 e. The van der Waals surface area contributed by atoms with Gasteiger partial charge in [-0.25, -0.2) is 13.1 Å². The quantitative estimate of drug-likeness (QED) is 0.207. The van der Waals surface area contributed by atoms with E-state index in [9.17, 15) is 32.7 Å². The number of carbonyl (C=O) groups is 5. The number of rotatable bonds is 11. The van der Waals surface area contributed by atoms with Crippen LogP contribution in [0.3, 0.4) is 0 Å². The van der Waals surface area contributed by atoms with E-state index in [2.05, 4.69) is 15.6 Å². The Bertz CT molecular complexity index is 2040. The number of hydrogen-bond acceptors (Lipinski definition) is 10. The first-order valence-corrected chi connectivity index (χ1v) is 19.9. The fourth-order valence-corrected chi connectivity index (χ4v) is 9.99. The highest BCUT2D eigenvalue weighted by Gasteiger charge is 2.51. The normalized spacial score (nSPS) is 22.3. The Morgan fingerprint density at radius 2 is 1.70 bits per heavy atom. The maximum absolute atomic E-state index is 15.3. The number of aliphatic hydroxyl groups is 1. The average molecular weight is 750 g/mol. The molecule has 3 aliphatic rings. The molecule has 0 spiro atoms. The molecule has 6 rings (SSSR count). The molecule has 1 aromatic heterocycles. The number of nitrogens with one attached hydrogen (secondary N) is 1. The van der Waals surface area contributed by atoms with Gasteiger partial charge in [0.05, 0.1) is 35.4 Å². The summed E-state index contributed by atoms with van der Waals surface area (Å²) in [5, 5.41) is 23.3. The van der Waals surface area contributed by atoms with Crippen molar-refractivity contribution in [1.29, 1.82) is 0 Å². The lowest BCUT2D eigenvalue weighted by atomic mass is 9.77. The lowest BCUT2D eigenvalue weighted by Crippen LogP contribution is -2.64. The molecule has 1 aliphatic carbocycles. The number of primary amides is 2. The van der Waals surface area contributed by atoms with Crippen molar-refractivity contribution in [2.75, 3.05) is 18.1 Å². The van der Waals surface area contributed by atoms with Crippen molar-refractivity contribution in [3.05, 3.63) is 59.4 Å². The number of aromatic nitrogens is 3. The SMILES string of the molecule is CC(C)(O)c1cnnn1[C@H]1C[C@@H](C(=O)NC2(C(=O)C(N)=O)CCS(=O)(=O)CC2)N(C(=O)[C@H](CC2CCCCC2)c2c(C(N)=O)ccc3ccccc23)C1. The summed E-state index contributed by atoms with van der Waals surface area (Å²) < 4.78 is 26.2. The first kappa shape index (κ1) is 38.0. The zero-order valence-corrected chi connectivity index (χ0v) is 30.8. The van der Waals surface area contributed by atoms with Crippen molar-refractivity contribution in [3.63, 3.8) is 0 Å². The number of amides is 4. The van der Waals surface area contributed by atoms with Crippen LogP contribution in [0.4, 0.5) is 0 Å². The van der Waals surface area contributed by atoms with Crippen LogP contribution in [0, 0.1) is 5.92 Å². The van der Waals surface area contributed by atoms with E-state index in [0.717, 1.165) is 37.5 Å². The lowest BCUT2D eigenvalue weighted by molar-refractivity contribution is -0.145. The molecular formula is C37H47N7O8S. The minimum absolute atomic E-state index is 0.0164. The Hall–Kier alpha value is -4.70. The van der Waals surface area contributed by atoms with Gasteiger partial charge in [0.25, 0.3) is 5.91 Å². The van der Waals surface area contributed by atoms with Gasteiger partial charge in [-0.2, -0.15) is 0 Å². The van der Waals surface area contributed by atoms with Crippen LogP contribution in [-0.4, -0.2) is 92.5 Å². The number of benzene rings is 2. The summed E-state index contributed by atoms with van der Waals surface area (Å²) in [6.07, 6.45) is 5.92. The zero-order chi connectivity index (χ0) is 38.3. The predicted octanol–water partition coefficient (Wildman–Crippen LogP) is 1.77. The second kappa shape index (κ2) is 14.6. The molecule has 3 atom stereocenters. The van der Waals surface area contributed by atoms with Gasteiger partial charge in [0.1, 0.15) is 17.2 Å². The molecule has 2 saturated heterocycles. The molecule has 6 N–H and O–H groups in total. The Balaban J connectivity index is 1.46. The van der Waals surface area contributed by atoms with E-state index in [0.29, 0.717) is 23.1 Å². The summed E-state index contributed by atoms with van der Waals surface area (Å²) in [6, 6.07) is 8.92. The molecule has 2 aromatic carbocycles. The summed E-state index contributed by atoms with van der Waals surface area (Å²) in [4.78, 5) is 69.8. The molecule has 284 valence electrons. The van der Waals surface area contributed by atoms with Gasteiger partial charge in [0.15, 0.2) is 9.84 Å². The molecule has 53 heavy (non-hydrogen) atoms. The summed E-state index contributed by atoms with van der Waals surface area (Å²) >= 11 is 0. The number of nitrogens with zero attached hydrogens (tertiary/aromatic N) is 4. The Morgan fingerprint density at radius 3 is 2.34 bits per heavy atom. The van der Waals surface area contributed by atoms with Crippen LogP contribution in [0.15, 0.2) is 42.6 Å². The molecular weight excluding hydrogens is 703 g/mol. The van der Waals surface area contributed by atoms with Gasteiger partial charge in [-0.05, 0) is 61.4 Å². The Morgan fingerprint density at radius 1 is 1.02 bits per heavy atom. The molecule has 3 aromatic rings. The van der Waals surface area contributed by atoms with E-state index >= 15 is 4.79 Å². The number of fused-ring (bicyclic) bond motifs is 1. The topological polar surface area (TPSA) is 238 Å². The van der Waals surface area contributed by atoms with E-state index in [1.54, 1.807) is 26.0 Å². The average Bonchev–Trinajstić information content (AvgIpc) is 3.80. The summed E-state index contributed by atoms with van der Waals surface area (Å²) in [5.41, 5.74) is 9.12. The summed E-state index contributed by atoms with van der Waals surface area (Å²) in [7, 11) is -3.53. The number of nitrogens with two attached hydrogens (primary N) is 2. The van der Waals surface area contributed by atoms with Crippen LogP contribution >= 0.6 is 0 Å². The standard InChI is InChI=1S/C37H47N7O8S/c1-36(2,50)29-20-40-42-44(29)24-19-28(34(48)41-37(31(45)33(39)47)14-16-53(51,52)17-15-37)43(21-24)35(49)27(18-22-8-4-3-5-9-22)30-25-11-7-6-10-23(25)12-13-26(30)32(38)46/h6-7,10-13,20,22,24,27-28,50H,3-5,8-9,14-19,21H2,1-2H3,(H2,38,46)(H2,39,47)(H,41,48)/t24-,27+,28-/m0/s1. The number of sulfone groups is 1. The van der Waals surface area contributed by atoms with E-state index < -0.39 is 79.9 Å². The van der Waals surface area contributed by atoms with Crippen LogP contribution in [-0.2, 0) is 34.6 Å². The molecule has 2 aliphatic heterocycles. The third kappa shape index (κ3) is 7.70. The van der Waals surface area contributed by atoms with Gasteiger partial charge in [0.2, 0.25) is 23.5 Å². The summed E-state index contributed by atoms with van der Waals surface area (Å²) in [6.45, 7) is 3.08. The first-order valence-electron chi connectivity index (χ1n) is 18.1. The fourth-order valence-electron chi connectivity index (χ4n) is 8.47. The van der Waals surface area contributed by atoms with Gasteiger partial charge in [0, 0.05) is 18.5 Å². The first-order chi connectivity index (χ1) is 25.0. The lowest BCUT2D eigenvalue weighted by Gasteiger charge is -2.37. The molecule has 0 bridgehead atoms. The molecule has 0 unspecified atom stereocenters. The van der Waals surface area contributed by atoms with E-state index in [1.807, 2.05) is 24.3 Å². The summed E-state index contributed by atoms with van der Waals surface area (Å²) in [5.74, 6) is -5.99. The molecule has 3 heterocycles. The molecule has 3 fully saturated rings. The predicted molar refractivity (Wildman–Crippen MR) is 194 cm³/mol.